The van der Waals surface area contributed by atoms with Gasteiger partial charge in [0, 0.05) is 18.2 Å². The van der Waals surface area contributed by atoms with E-state index in [1.54, 1.807) is 0 Å². The van der Waals surface area contributed by atoms with Crippen molar-refractivity contribution in [2.75, 3.05) is 13.1 Å². The van der Waals surface area contributed by atoms with Gasteiger partial charge in [0.15, 0.2) is 0 Å². The van der Waals surface area contributed by atoms with Crippen LogP contribution in [0.15, 0.2) is 24.3 Å². The van der Waals surface area contributed by atoms with Gasteiger partial charge >= 0.3 is 0 Å². The lowest BCUT2D eigenvalue weighted by Crippen LogP contribution is -2.46. The molecule has 3 heteroatoms. The number of carbonyl (C=O) groups is 1. The third kappa shape index (κ3) is 2.59. The molecule has 0 bridgehead atoms. The molecule has 0 spiro atoms. The average Bonchev–Trinajstić information content (AvgIpc) is 2.95. The molecular formula is C17H24N2O. The maximum atomic E-state index is 12.8. The van der Waals surface area contributed by atoms with Crippen LogP contribution in [-0.2, 0) is 6.42 Å². The van der Waals surface area contributed by atoms with Gasteiger partial charge in [-0.3, -0.25) is 4.79 Å². The molecule has 1 aromatic rings. The molecule has 2 atom stereocenters. The molecule has 0 aromatic heterocycles. The molecule has 1 aliphatic heterocycles. The number of hydrogen-bond donors (Lipinski definition) is 1. The van der Waals surface area contributed by atoms with E-state index in [1.807, 2.05) is 18.2 Å². The summed E-state index contributed by atoms with van der Waals surface area (Å²) in [4.78, 5) is 14.9. The first-order valence-electron chi connectivity index (χ1n) is 7.89. The van der Waals surface area contributed by atoms with Gasteiger partial charge in [0.05, 0.1) is 0 Å². The van der Waals surface area contributed by atoms with E-state index in [1.165, 1.54) is 31.2 Å². The number of benzene rings is 1. The van der Waals surface area contributed by atoms with Gasteiger partial charge in [-0.25, -0.2) is 0 Å². The molecule has 1 saturated carbocycles. The number of piperidine rings is 1. The lowest BCUT2D eigenvalue weighted by molar-refractivity contribution is 0.0548. The Balaban J connectivity index is 1.79. The Bertz CT molecular complexity index is 486. The summed E-state index contributed by atoms with van der Waals surface area (Å²) in [7, 11) is 0. The summed E-state index contributed by atoms with van der Waals surface area (Å²) in [5, 5.41) is 0. The van der Waals surface area contributed by atoms with Gasteiger partial charge in [-0.1, -0.05) is 18.6 Å². The predicted octanol–water partition coefficient (Wildman–Crippen LogP) is 2.59. The fourth-order valence-corrected chi connectivity index (χ4v) is 3.90. The molecule has 3 rings (SSSR count). The summed E-state index contributed by atoms with van der Waals surface area (Å²) >= 11 is 0. The number of amides is 1. The first-order valence-corrected chi connectivity index (χ1v) is 7.89. The molecule has 1 heterocycles. The van der Waals surface area contributed by atoms with Crippen molar-refractivity contribution in [2.24, 2.45) is 11.7 Å². The van der Waals surface area contributed by atoms with E-state index in [0.29, 0.717) is 12.6 Å². The second kappa shape index (κ2) is 5.96. The SMILES string of the molecule is NCCc1cccc(C(=O)N2CCCC3CCCC32)c1. The average molecular weight is 272 g/mol. The van der Waals surface area contributed by atoms with E-state index in [9.17, 15) is 4.79 Å². The summed E-state index contributed by atoms with van der Waals surface area (Å²) in [6.45, 7) is 1.56. The first-order chi connectivity index (χ1) is 9.79. The molecule has 2 N–H and O–H groups in total. The molecular weight excluding hydrogens is 248 g/mol. The molecule has 3 nitrogen and oxygen atoms in total. The van der Waals surface area contributed by atoms with Gasteiger partial charge in [-0.15, -0.1) is 0 Å². The van der Waals surface area contributed by atoms with Crippen molar-refractivity contribution in [1.82, 2.24) is 4.90 Å². The van der Waals surface area contributed by atoms with Crippen molar-refractivity contribution in [3.63, 3.8) is 0 Å². The normalized spacial score (nSPS) is 25.6. The van der Waals surface area contributed by atoms with Gasteiger partial charge in [0.25, 0.3) is 5.91 Å². The zero-order valence-electron chi connectivity index (χ0n) is 12.1. The second-order valence-corrected chi connectivity index (χ2v) is 6.14. The van der Waals surface area contributed by atoms with Crippen LogP contribution in [0.5, 0.6) is 0 Å². The zero-order valence-corrected chi connectivity index (χ0v) is 12.1. The maximum absolute atomic E-state index is 12.8. The van der Waals surface area contributed by atoms with Crippen LogP contribution in [0, 0.1) is 5.92 Å². The number of hydrogen-bond acceptors (Lipinski definition) is 2. The van der Waals surface area contributed by atoms with Crippen LogP contribution in [0.2, 0.25) is 0 Å². The van der Waals surface area contributed by atoms with Crippen LogP contribution in [-0.4, -0.2) is 29.9 Å². The van der Waals surface area contributed by atoms with E-state index in [2.05, 4.69) is 11.0 Å². The molecule has 1 aliphatic carbocycles. The Labute approximate surface area is 121 Å². The van der Waals surface area contributed by atoms with Crippen molar-refractivity contribution in [3.8, 4) is 0 Å². The highest BCUT2D eigenvalue weighted by molar-refractivity contribution is 5.94. The summed E-state index contributed by atoms with van der Waals surface area (Å²) in [6.07, 6.45) is 7.09. The fraction of sp³-hybridized carbons (Fsp3) is 0.588. The van der Waals surface area contributed by atoms with Crippen molar-refractivity contribution in [3.05, 3.63) is 35.4 Å². The first kappa shape index (κ1) is 13.6. The molecule has 108 valence electrons. The minimum atomic E-state index is 0.223. The molecule has 1 saturated heterocycles. The number of fused-ring (bicyclic) bond motifs is 1. The van der Waals surface area contributed by atoms with Gasteiger partial charge in [-0.2, -0.15) is 0 Å². The van der Waals surface area contributed by atoms with Crippen molar-refractivity contribution in [1.29, 1.82) is 0 Å². The number of carbonyl (C=O) groups excluding carboxylic acids is 1. The van der Waals surface area contributed by atoms with E-state index in [0.717, 1.165) is 30.9 Å². The lowest BCUT2D eigenvalue weighted by atomic mass is 9.91. The molecule has 2 aliphatic rings. The van der Waals surface area contributed by atoms with Crippen molar-refractivity contribution >= 4 is 5.91 Å². The van der Waals surface area contributed by atoms with Crippen LogP contribution in [0.3, 0.4) is 0 Å². The minimum Gasteiger partial charge on any atom is -0.335 e. The number of rotatable bonds is 3. The molecule has 1 amide bonds. The van der Waals surface area contributed by atoms with Crippen molar-refractivity contribution in [2.45, 2.75) is 44.6 Å². The van der Waals surface area contributed by atoms with Crippen LogP contribution in [0.4, 0.5) is 0 Å². The van der Waals surface area contributed by atoms with Gasteiger partial charge in [-0.05, 0) is 62.3 Å². The smallest absolute Gasteiger partial charge is 0.254 e. The number of nitrogens with zero attached hydrogens (tertiary/aromatic N) is 1. The molecule has 2 unspecified atom stereocenters. The Hall–Kier alpha value is -1.35. The quantitative estimate of drug-likeness (QED) is 0.919. The predicted molar refractivity (Wildman–Crippen MR) is 80.6 cm³/mol. The Morgan fingerprint density at radius 3 is 2.95 bits per heavy atom. The Kier molecular flexibility index (Phi) is 4.06. The highest BCUT2D eigenvalue weighted by atomic mass is 16.2. The zero-order chi connectivity index (χ0) is 13.9. The standard InChI is InChI=1S/C17H24N2O/c18-10-9-13-4-1-6-15(12-13)17(20)19-11-3-7-14-5-2-8-16(14)19/h1,4,6,12,14,16H,2-3,5,7-11,18H2. The Morgan fingerprint density at radius 2 is 2.10 bits per heavy atom. The van der Waals surface area contributed by atoms with E-state index >= 15 is 0 Å². The van der Waals surface area contributed by atoms with Gasteiger partial charge < -0.3 is 10.6 Å². The Morgan fingerprint density at radius 1 is 1.25 bits per heavy atom. The fourth-order valence-electron chi connectivity index (χ4n) is 3.90. The highest BCUT2D eigenvalue weighted by Gasteiger charge is 2.37. The molecule has 20 heavy (non-hydrogen) atoms. The van der Waals surface area contributed by atoms with Crippen LogP contribution in [0.25, 0.3) is 0 Å². The topological polar surface area (TPSA) is 46.3 Å². The highest BCUT2D eigenvalue weighted by Crippen LogP contribution is 2.37. The lowest BCUT2D eigenvalue weighted by Gasteiger charge is -2.38. The van der Waals surface area contributed by atoms with Gasteiger partial charge in [0.2, 0.25) is 0 Å². The summed E-state index contributed by atoms with van der Waals surface area (Å²) in [5.41, 5.74) is 7.61. The maximum Gasteiger partial charge on any atom is 0.254 e. The summed E-state index contributed by atoms with van der Waals surface area (Å²) < 4.78 is 0. The van der Waals surface area contributed by atoms with Crippen LogP contribution < -0.4 is 5.73 Å². The largest absolute Gasteiger partial charge is 0.335 e. The third-order valence-corrected chi connectivity index (χ3v) is 4.86. The monoisotopic (exact) mass is 272 g/mol. The second-order valence-electron chi connectivity index (χ2n) is 6.14. The molecule has 2 fully saturated rings. The third-order valence-electron chi connectivity index (χ3n) is 4.86. The van der Waals surface area contributed by atoms with E-state index in [-0.39, 0.29) is 5.91 Å². The molecule has 1 aromatic carbocycles. The summed E-state index contributed by atoms with van der Waals surface area (Å²) in [6, 6.07) is 8.50. The van der Waals surface area contributed by atoms with E-state index < -0.39 is 0 Å². The van der Waals surface area contributed by atoms with Gasteiger partial charge in [0.1, 0.15) is 0 Å². The number of likely N-dealkylation sites (tertiary alicyclic amines) is 1. The van der Waals surface area contributed by atoms with Crippen molar-refractivity contribution < 1.29 is 4.79 Å². The van der Waals surface area contributed by atoms with Crippen LogP contribution in [0.1, 0.15) is 48.0 Å². The van der Waals surface area contributed by atoms with E-state index in [4.69, 9.17) is 5.73 Å². The number of nitrogens with two attached hydrogens (primary N) is 1. The van der Waals surface area contributed by atoms with Crippen LogP contribution >= 0.6 is 0 Å². The molecule has 0 radical (unpaired) electrons. The summed E-state index contributed by atoms with van der Waals surface area (Å²) in [5.74, 6) is 0.973. The minimum absolute atomic E-state index is 0.223.